The first-order valence-corrected chi connectivity index (χ1v) is 8.58. The van der Waals surface area contributed by atoms with Crippen LogP contribution in [-0.2, 0) is 17.9 Å². The molecule has 4 aromatic rings. The van der Waals surface area contributed by atoms with Gasteiger partial charge in [-0.3, -0.25) is 14.6 Å². The first-order chi connectivity index (χ1) is 13.2. The van der Waals surface area contributed by atoms with Crippen molar-refractivity contribution in [1.82, 2.24) is 25.3 Å². The summed E-state index contributed by atoms with van der Waals surface area (Å²) in [5.74, 6) is 0.685. The molecule has 7 nitrogen and oxygen atoms in total. The minimum Gasteiger partial charge on any atom is -0.497 e. The molecule has 0 atom stereocenters. The number of methoxy groups -OCH3 is 1. The molecule has 136 valence electrons. The van der Waals surface area contributed by atoms with E-state index in [9.17, 15) is 4.79 Å². The topological polar surface area (TPSA) is 84.8 Å². The smallest absolute Gasteiger partial charge is 0.242 e. The Balaban J connectivity index is 1.41. The molecule has 0 saturated carbocycles. The van der Waals surface area contributed by atoms with Crippen molar-refractivity contribution in [2.45, 2.75) is 13.1 Å². The maximum Gasteiger partial charge on any atom is 0.242 e. The van der Waals surface area contributed by atoms with Crippen molar-refractivity contribution in [2.75, 3.05) is 7.11 Å². The van der Waals surface area contributed by atoms with E-state index in [4.69, 9.17) is 4.74 Å². The summed E-state index contributed by atoms with van der Waals surface area (Å²) in [6.07, 6.45) is 3.59. The fraction of sp³-hybridized carbons (Fsp3) is 0.150. The van der Waals surface area contributed by atoms with Gasteiger partial charge in [0.05, 0.1) is 24.5 Å². The third-order valence-electron chi connectivity index (χ3n) is 4.34. The summed E-state index contributed by atoms with van der Waals surface area (Å²) in [6, 6.07) is 15.5. The molecule has 2 heterocycles. The van der Waals surface area contributed by atoms with Gasteiger partial charge < -0.3 is 10.1 Å². The molecule has 0 unspecified atom stereocenters. The second kappa shape index (κ2) is 7.33. The van der Waals surface area contributed by atoms with Crippen LogP contribution in [-0.4, -0.2) is 33.0 Å². The Morgan fingerprint density at radius 3 is 2.78 bits per heavy atom. The SMILES string of the molecule is COc1ccc(-c2[nH]ncc2CNC(=O)Cn2cc3ccccc3n2)cc1. The minimum absolute atomic E-state index is 0.107. The average molecular weight is 361 g/mol. The first kappa shape index (κ1) is 16.8. The van der Waals surface area contributed by atoms with Crippen LogP contribution in [0.25, 0.3) is 22.2 Å². The third kappa shape index (κ3) is 3.67. The number of hydrogen-bond donors (Lipinski definition) is 2. The normalized spacial score (nSPS) is 10.9. The molecule has 0 saturated heterocycles. The van der Waals surface area contributed by atoms with Gasteiger partial charge in [0, 0.05) is 29.3 Å². The quantitative estimate of drug-likeness (QED) is 0.553. The number of H-pyrrole nitrogens is 1. The molecule has 0 aliphatic carbocycles. The number of benzene rings is 2. The molecule has 2 aromatic heterocycles. The number of amides is 1. The lowest BCUT2D eigenvalue weighted by Gasteiger charge is -2.07. The van der Waals surface area contributed by atoms with Crippen LogP contribution >= 0.6 is 0 Å². The van der Waals surface area contributed by atoms with E-state index in [1.807, 2.05) is 54.7 Å². The van der Waals surface area contributed by atoms with Crippen LogP contribution in [0, 0.1) is 0 Å². The van der Waals surface area contributed by atoms with Gasteiger partial charge in [-0.05, 0) is 30.3 Å². The highest BCUT2D eigenvalue weighted by Crippen LogP contribution is 2.23. The van der Waals surface area contributed by atoms with Gasteiger partial charge in [0.2, 0.25) is 5.91 Å². The van der Waals surface area contributed by atoms with E-state index in [-0.39, 0.29) is 12.5 Å². The molecule has 0 radical (unpaired) electrons. The highest BCUT2D eigenvalue weighted by Gasteiger charge is 2.10. The van der Waals surface area contributed by atoms with Crippen molar-refractivity contribution >= 4 is 16.8 Å². The van der Waals surface area contributed by atoms with Crippen molar-refractivity contribution in [3.8, 4) is 17.0 Å². The monoisotopic (exact) mass is 361 g/mol. The lowest BCUT2D eigenvalue weighted by molar-refractivity contribution is -0.122. The number of carbonyl (C=O) groups is 1. The molecule has 0 spiro atoms. The van der Waals surface area contributed by atoms with Crippen LogP contribution in [0.15, 0.2) is 60.9 Å². The molecule has 2 aromatic carbocycles. The van der Waals surface area contributed by atoms with E-state index >= 15 is 0 Å². The number of aromatic nitrogens is 4. The lowest BCUT2D eigenvalue weighted by atomic mass is 10.1. The Bertz CT molecular complexity index is 1030. The Labute approximate surface area is 156 Å². The van der Waals surface area contributed by atoms with Crippen molar-refractivity contribution in [2.24, 2.45) is 0 Å². The van der Waals surface area contributed by atoms with Crippen LogP contribution in [0.2, 0.25) is 0 Å². The summed E-state index contributed by atoms with van der Waals surface area (Å²) in [5.41, 5.74) is 3.65. The molecule has 0 fully saturated rings. The first-order valence-electron chi connectivity index (χ1n) is 8.58. The van der Waals surface area contributed by atoms with Crippen molar-refractivity contribution in [3.05, 3.63) is 66.5 Å². The predicted molar refractivity (Wildman–Crippen MR) is 102 cm³/mol. The van der Waals surface area contributed by atoms with E-state index in [1.165, 1.54) is 0 Å². The zero-order valence-corrected chi connectivity index (χ0v) is 14.8. The van der Waals surface area contributed by atoms with E-state index in [0.717, 1.165) is 33.5 Å². The highest BCUT2D eigenvalue weighted by atomic mass is 16.5. The fourth-order valence-corrected chi connectivity index (χ4v) is 2.95. The van der Waals surface area contributed by atoms with Gasteiger partial charge in [-0.2, -0.15) is 10.2 Å². The van der Waals surface area contributed by atoms with Gasteiger partial charge in [0.15, 0.2) is 0 Å². The summed E-state index contributed by atoms with van der Waals surface area (Å²) in [5, 5.41) is 15.4. The fourth-order valence-electron chi connectivity index (χ4n) is 2.95. The van der Waals surface area contributed by atoms with E-state index in [2.05, 4.69) is 20.6 Å². The highest BCUT2D eigenvalue weighted by molar-refractivity contribution is 5.80. The van der Waals surface area contributed by atoms with Crippen LogP contribution in [0.1, 0.15) is 5.56 Å². The number of fused-ring (bicyclic) bond motifs is 1. The molecule has 4 rings (SSSR count). The van der Waals surface area contributed by atoms with Gasteiger partial charge in [0.1, 0.15) is 12.3 Å². The van der Waals surface area contributed by atoms with Crippen LogP contribution in [0.3, 0.4) is 0 Å². The van der Waals surface area contributed by atoms with Crippen LogP contribution < -0.4 is 10.1 Å². The zero-order chi connectivity index (χ0) is 18.6. The zero-order valence-electron chi connectivity index (χ0n) is 14.8. The third-order valence-corrected chi connectivity index (χ3v) is 4.34. The lowest BCUT2D eigenvalue weighted by Crippen LogP contribution is -2.27. The molecule has 7 heteroatoms. The second-order valence-electron chi connectivity index (χ2n) is 6.16. The Kier molecular flexibility index (Phi) is 4.57. The standard InChI is InChI=1S/C20H19N5O2/c1-27-17-8-6-14(7-9-17)20-16(11-22-23-20)10-21-19(26)13-25-12-15-4-2-3-5-18(15)24-25/h2-9,11-12H,10,13H2,1H3,(H,21,26)(H,22,23). The molecular formula is C20H19N5O2. The van der Waals surface area contributed by atoms with Crippen LogP contribution in [0.5, 0.6) is 5.75 Å². The van der Waals surface area contributed by atoms with Crippen molar-refractivity contribution < 1.29 is 9.53 Å². The number of nitrogens with zero attached hydrogens (tertiary/aromatic N) is 3. The summed E-state index contributed by atoms with van der Waals surface area (Å²) in [6.45, 7) is 0.557. The van der Waals surface area contributed by atoms with Gasteiger partial charge in [-0.25, -0.2) is 0 Å². The number of ether oxygens (including phenoxy) is 1. The maximum absolute atomic E-state index is 12.3. The minimum atomic E-state index is -0.107. The Morgan fingerprint density at radius 1 is 1.19 bits per heavy atom. The molecule has 0 aliphatic rings. The molecule has 0 bridgehead atoms. The number of carbonyl (C=O) groups excluding carboxylic acids is 1. The van der Waals surface area contributed by atoms with Crippen LogP contribution in [0.4, 0.5) is 0 Å². The number of aromatic amines is 1. The number of hydrogen-bond acceptors (Lipinski definition) is 4. The molecule has 0 aliphatic heterocycles. The predicted octanol–water partition coefficient (Wildman–Crippen LogP) is 2.75. The van der Waals surface area contributed by atoms with E-state index in [0.29, 0.717) is 6.54 Å². The molecule has 1 amide bonds. The Hall–Kier alpha value is -3.61. The van der Waals surface area contributed by atoms with E-state index < -0.39 is 0 Å². The van der Waals surface area contributed by atoms with Gasteiger partial charge in [-0.1, -0.05) is 18.2 Å². The second-order valence-corrected chi connectivity index (χ2v) is 6.16. The summed E-state index contributed by atoms with van der Waals surface area (Å²) < 4.78 is 6.84. The van der Waals surface area contributed by atoms with Crippen molar-refractivity contribution in [3.63, 3.8) is 0 Å². The number of rotatable bonds is 6. The molecule has 2 N–H and O–H groups in total. The van der Waals surface area contributed by atoms with Gasteiger partial charge in [-0.15, -0.1) is 0 Å². The Morgan fingerprint density at radius 2 is 2.00 bits per heavy atom. The van der Waals surface area contributed by atoms with Gasteiger partial charge in [0.25, 0.3) is 0 Å². The van der Waals surface area contributed by atoms with Crippen molar-refractivity contribution in [1.29, 1.82) is 0 Å². The summed E-state index contributed by atoms with van der Waals surface area (Å²) in [7, 11) is 1.63. The summed E-state index contributed by atoms with van der Waals surface area (Å²) in [4.78, 5) is 12.3. The molecule has 27 heavy (non-hydrogen) atoms. The maximum atomic E-state index is 12.3. The molecular weight excluding hydrogens is 342 g/mol. The van der Waals surface area contributed by atoms with Gasteiger partial charge >= 0.3 is 0 Å². The average Bonchev–Trinajstić information content (AvgIpc) is 3.32. The number of nitrogens with one attached hydrogen (secondary N) is 2. The van der Waals surface area contributed by atoms with E-state index in [1.54, 1.807) is 18.0 Å². The largest absolute Gasteiger partial charge is 0.497 e. The summed E-state index contributed by atoms with van der Waals surface area (Å²) >= 11 is 0.